The van der Waals surface area contributed by atoms with Gasteiger partial charge in [-0.25, -0.2) is 4.39 Å². The highest BCUT2D eigenvalue weighted by molar-refractivity contribution is 6.33. The molecule has 2 rings (SSSR count). The number of anilines is 1. The van der Waals surface area contributed by atoms with Gasteiger partial charge in [0, 0.05) is 6.04 Å². The topological polar surface area (TPSA) is 12.0 Å². The molecule has 1 aliphatic carbocycles. The van der Waals surface area contributed by atoms with Crippen LogP contribution < -0.4 is 5.32 Å². The van der Waals surface area contributed by atoms with Gasteiger partial charge in [0.25, 0.3) is 0 Å². The van der Waals surface area contributed by atoms with Crippen LogP contribution in [0.2, 0.25) is 5.02 Å². The van der Waals surface area contributed by atoms with Crippen LogP contribution in [0, 0.1) is 11.7 Å². The van der Waals surface area contributed by atoms with E-state index in [0.29, 0.717) is 11.1 Å². The summed E-state index contributed by atoms with van der Waals surface area (Å²) in [6.07, 6.45) is 3.61. The van der Waals surface area contributed by atoms with Crippen molar-refractivity contribution in [2.24, 2.45) is 5.92 Å². The predicted molar refractivity (Wildman–Crippen MR) is 61.8 cm³/mol. The van der Waals surface area contributed by atoms with Gasteiger partial charge in [-0.05, 0) is 43.4 Å². The average Bonchev–Trinajstić information content (AvgIpc) is 3.03. The van der Waals surface area contributed by atoms with E-state index in [0.717, 1.165) is 18.0 Å². The smallest absolute Gasteiger partial charge is 0.125 e. The quantitative estimate of drug-likeness (QED) is 0.817. The monoisotopic (exact) mass is 227 g/mol. The molecule has 0 aromatic heterocycles. The Hall–Kier alpha value is -0.760. The first-order chi connectivity index (χ1) is 7.20. The lowest BCUT2D eigenvalue weighted by Crippen LogP contribution is -2.20. The summed E-state index contributed by atoms with van der Waals surface area (Å²) in [7, 11) is 0. The number of benzene rings is 1. The molecule has 0 heterocycles. The van der Waals surface area contributed by atoms with Crippen molar-refractivity contribution in [3.8, 4) is 0 Å². The first-order valence-electron chi connectivity index (χ1n) is 5.42. The summed E-state index contributed by atoms with van der Waals surface area (Å²) in [5.74, 6) is 0.502. The molecule has 0 saturated heterocycles. The molecule has 1 fully saturated rings. The number of rotatable bonds is 4. The molecule has 0 aliphatic heterocycles. The predicted octanol–water partition coefficient (Wildman–Crippen LogP) is 4.08. The van der Waals surface area contributed by atoms with Crippen molar-refractivity contribution in [3.63, 3.8) is 0 Å². The minimum Gasteiger partial charge on any atom is -0.381 e. The van der Waals surface area contributed by atoms with Gasteiger partial charge < -0.3 is 5.32 Å². The molecule has 1 unspecified atom stereocenters. The molecule has 1 atom stereocenters. The Morgan fingerprint density at radius 2 is 2.27 bits per heavy atom. The van der Waals surface area contributed by atoms with E-state index in [2.05, 4.69) is 12.2 Å². The zero-order chi connectivity index (χ0) is 10.8. The van der Waals surface area contributed by atoms with Crippen molar-refractivity contribution in [2.75, 3.05) is 5.32 Å². The molecule has 0 amide bonds. The summed E-state index contributed by atoms with van der Waals surface area (Å²) in [5, 5.41) is 3.92. The minimum atomic E-state index is -0.243. The summed E-state index contributed by atoms with van der Waals surface area (Å²) >= 11 is 5.99. The van der Waals surface area contributed by atoms with Crippen LogP contribution in [0.3, 0.4) is 0 Å². The van der Waals surface area contributed by atoms with E-state index in [1.807, 2.05) is 0 Å². The van der Waals surface area contributed by atoms with Gasteiger partial charge in [-0.1, -0.05) is 18.5 Å². The SMILES string of the molecule is CCC(Nc1cc(F)ccc1Cl)C1CC1. The fraction of sp³-hybridized carbons (Fsp3) is 0.500. The maximum atomic E-state index is 13.0. The van der Waals surface area contributed by atoms with Gasteiger partial charge in [-0.2, -0.15) is 0 Å². The van der Waals surface area contributed by atoms with Crippen LogP contribution in [0.25, 0.3) is 0 Å². The van der Waals surface area contributed by atoms with E-state index in [1.54, 1.807) is 6.07 Å². The fourth-order valence-corrected chi connectivity index (χ4v) is 2.03. The minimum absolute atomic E-state index is 0.243. The van der Waals surface area contributed by atoms with Crippen LogP contribution in [0.4, 0.5) is 10.1 Å². The van der Waals surface area contributed by atoms with E-state index < -0.39 is 0 Å². The molecule has 1 aromatic carbocycles. The van der Waals surface area contributed by atoms with Crippen molar-refractivity contribution in [1.82, 2.24) is 0 Å². The average molecular weight is 228 g/mol. The Labute approximate surface area is 94.6 Å². The second-order valence-electron chi connectivity index (χ2n) is 4.12. The van der Waals surface area contributed by atoms with Crippen LogP contribution in [-0.4, -0.2) is 6.04 Å². The van der Waals surface area contributed by atoms with Crippen molar-refractivity contribution in [2.45, 2.75) is 32.2 Å². The van der Waals surface area contributed by atoms with E-state index in [-0.39, 0.29) is 5.82 Å². The number of hydrogen-bond donors (Lipinski definition) is 1. The van der Waals surface area contributed by atoms with Crippen molar-refractivity contribution < 1.29 is 4.39 Å². The Balaban J connectivity index is 2.11. The maximum Gasteiger partial charge on any atom is 0.125 e. The first kappa shape index (κ1) is 10.7. The summed E-state index contributed by atoms with van der Waals surface area (Å²) < 4.78 is 13.0. The molecule has 0 radical (unpaired) electrons. The molecule has 15 heavy (non-hydrogen) atoms. The Morgan fingerprint density at radius 1 is 1.53 bits per heavy atom. The molecule has 0 bridgehead atoms. The van der Waals surface area contributed by atoms with Crippen LogP contribution in [0.1, 0.15) is 26.2 Å². The summed E-state index contributed by atoms with van der Waals surface area (Å²) in [5.41, 5.74) is 0.718. The Morgan fingerprint density at radius 3 is 2.87 bits per heavy atom. The zero-order valence-electron chi connectivity index (χ0n) is 8.76. The normalized spacial score (nSPS) is 17.5. The van der Waals surface area contributed by atoms with Crippen LogP contribution in [0.15, 0.2) is 18.2 Å². The summed E-state index contributed by atoms with van der Waals surface area (Å²) in [6, 6.07) is 4.88. The molecule has 1 aromatic rings. The number of nitrogens with one attached hydrogen (secondary N) is 1. The number of hydrogen-bond acceptors (Lipinski definition) is 1. The highest BCUT2D eigenvalue weighted by atomic mass is 35.5. The van der Waals surface area contributed by atoms with E-state index in [1.165, 1.54) is 25.0 Å². The van der Waals surface area contributed by atoms with Gasteiger partial charge >= 0.3 is 0 Å². The lowest BCUT2D eigenvalue weighted by molar-refractivity contribution is 0.610. The molecule has 82 valence electrons. The Bertz CT molecular complexity index is 349. The van der Waals surface area contributed by atoms with Crippen LogP contribution in [-0.2, 0) is 0 Å². The fourth-order valence-electron chi connectivity index (χ4n) is 1.86. The van der Waals surface area contributed by atoms with Crippen molar-refractivity contribution in [1.29, 1.82) is 0 Å². The molecule has 3 heteroatoms. The Kier molecular flexibility index (Phi) is 3.15. The summed E-state index contributed by atoms with van der Waals surface area (Å²) in [4.78, 5) is 0. The van der Waals surface area contributed by atoms with Crippen molar-refractivity contribution in [3.05, 3.63) is 29.0 Å². The van der Waals surface area contributed by atoms with Gasteiger partial charge in [0.05, 0.1) is 10.7 Å². The second kappa shape index (κ2) is 4.40. The molecule has 1 nitrogen and oxygen atoms in total. The number of halogens is 2. The zero-order valence-corrected chi connectivity index (χ0v) is 9.52. The third-order valence-electron chi connectivity index (χ3n) is 2.90. The van der Waals surface area contributed by atoms with Gasteiger partial charge in [0.15, 0.2) is 0 Å². The summed E-state index contributed by atoms with van der Waals surface area (Å²) in [6.45, 7) is 2.14. The molecule has 1 N–H and O–H groups in total. The molecule has 0 spiro atoms. The van der Waals surface area contributed by atoms with Gasteiger partial charge in [0.1, 0.15) is 5.82 Å². The third kappa shape index (κ3) is 2.63. The first-order valence-corrected chi connectivity index (χ1v) is 5.80. The van der Waals surface area contributed by atoms with Gasteiger partial charge in [0.2, 0.25) is 0 Å². The van der Waals surface area contributed by atoms with Gasteiger partial charge in [-0.3, -0.25) is 0 Å². The van der Waals surface area contributed by atoms with E-state index in [4.69, 9.17) is 11.6 Å². The third-order valence-corrected chi connectivity index (χ3v) is 3.23. The highest BCUT2D eigenvalue weighted by Gasteiger charge is 2.30. The highest BCUT2D eigenvalue weighted by Crippen LogP contribution is 2.36. The van der Waals surface area contributed by atoms with E-state index in [9.17, 15) is 4.39 Å². The molecule has 1 aliphatic rings. The molecular formula is C12H15ClFN. The lowest BCUT2D eigenvalue weighted by Gasteiger charge is -2.18. The lowest BCUT2D eigenvalue weighted by atomic mass is 10.1. The molecular weight excluding hydrogens is 213 g/mol. The second-order valence-corrected chi connectivity index (χ2v) is 4.53. The standard InChI is InChI=1S/C12H15ClFN/c1-2-11(8-3-4-8)15-12-7-9(14)5-6-10(12)13/h5-8,11,15H,2-4H2,1H3. The van der Waals surface area contributed by atoms with E-state index >= 15 is 0 Å². The molecule has 1 saturated carbocycles. The van der Waals surface area contributed by atoms with Gasteiger partial charge in [-0.15, -0.1) is 0 Å². The van der Waals surface area contributed by atoms with Crippen LogP contribution >= 0.6 is 11.6 Å². The maximum absolute atomic E-state index is 13.0. The van der Waals surface area contributed by atoms with Crippen molar-refractivity contribution >= 4 is 17.3 Å². The van der Waals surface area contributed by atoms with Crippen LogP contribution in [0.5, 0.6) is 0 Å². The largest absolute Gasteiger partial charge is 0.381 e.